The Kier molecular flexibility index (Phi) is 3.46. The largest absolute Gasteiger partial charge is 0.394 e. The summed E-state index contributed by atoms with van der Waals surface area (Å²) in [5.74, 6) is 0.314. The van der Waals surface area contributed by atoms with Gasteiger partial charge in [-0.25, -0.2) is 0 Å². The van der Waals surface area contributed by atoms with Crippen molar-refractivity contribution >= 4 is 0 Å². The van der Waals surface area contributed by atoms with Gasteiger partial charge in [0.2, 0.25) is 0 Å². The third-order valence-corrected chi connectivity index (χ3v) is 2.53. The van der Waals surface area contributed by atoms with Crippen molar-refractivity contribution in [1.82, 2.24) is 0 Å². The molecule has 1 aliphatic carbocycles. The molecule has 0 aromatic rings. The van der Waals surface area contributed by atoms with Gasteiger partial charge in [-0.2, -0.15) is 0 Å². The molecule has 0 radical (unpaired) electrons. The van der Waals surface area contributed by atoms with E-state index in [2.05, 4.69) is 0 Å². The van der Waals surface area contributed by atoms with Crippen molar-refractivity contribution in [2.24, 2.45) is 11.8 Å². The van der Waals surface area contributed by atoms with Crippen molar-refractivity contribution < 1.29 is 20.1 Å². The quantitative estimate of drug-likeness (QED) is 0.501. The molecule has 0 amide bonds. The lowest BCUT2D eigenvalue weighted by Gasteiger charge is -2.13. The Balaban J connectivity index is 2.30. The molecule has 72 valence electrons. The molecule has 2 unspecified atom stereocenters. The van der Waals surface area contributed by atoms with Crippen molar-refractivity contribution in [1.29, 1.82) is 0 Å². The lowest BCUT2D eigenvalue weighted by atomic mass is 10.1. The summed E-state index contributed by atoms with van der Waals surface area (Å²) in [5.41, 5.74) is 0. The van der Waals surface area contributed by atoms with Gasteiger partial charge in [0.25, 0.3) is 0 Å². The molecule has 4 atom stereocenters. The van der Waals surface area contributed by atoms with Crippen molar-refractivity contribution in [2.75, 3.05) is 20.3 Å². The Morgan fingerprint density at radius 1 is 1.33 bits per heavy atom. The van der Waals surface area contributed by atoms with E-state index < -0.39 is 6.10 Å². The van der Waals surface area contributed by atoms with Crippen molar-refractivity contribution in [2.45, 2.75) is 18.6 Å². The fourth-order valence-corrected chi connectivity index (χ4v) is 1.63. The molecule has 0 aromatic heterocycles. The molecule has 1 fully saturated rings. The van der Waals surface area contributed by atoms with E-state index in [9.17, 15) is 5.11 Å². The SMILES string of the molecule is CO[C@H](CO)C1CC1[C@H](O)CO. The van der Waals surface area contributed by atoms with Crippen LogP contribution >= 0.6 is 0 Å². The van der Waals surface area contributed by atoms with Crippen LogP contribution < -0.4 is 0 Å². The monoisotopic (exact) mass is 176 g/mol. The Labute approximate surface area is 71.8 Å². The third-order valence-electron chi connectivity index (χ3n) is 2.53. The van der Waals surface area contributed by atoms with Gasteiger partial charge in [-0.3, -0.25) is 0 Å². The summed E-state index contributed by atoms with van der Waals surface area (Å²) < 4.78 is 5.01. The molecule has 12 heavy (non-hydrogen) atoms. The molecule has 0 heterocycles. The van der Waals surface area contributed by atoms with Crippen molar-refractivity contribution in [3.63, 3.8) is 0 Å². The first-order valence-corrected chi connectivity index (χ1v) is 4.17. The van der Waals surface area contributed by atoms with E-state index in [1.807, 2.05) is 0 Å². The van der Waals surface area contributed by atoms with Crippen LogP contribution in [0.1, 0.15) is 6.42 Å². The molecule has 4 nitrogen and oxygen atoms in total. The standard InChI is InChI=1S/C8H16O4/c1-12-8(4-10)6-2-5(6)7(11)3-9/h5-11H,2-4H2,1H3/t5?,6?,7-,8-/m1/s1. The Hall–Kier alpha value is -0.160. The van der Waals surface area contributed by atoms with Crippen molar-refractivity contribution in [3.05, 3.63) is 0 Å². The van der Waals surface area contributed by atoms with Crippen LogP contribution in [-0.4, -0.2) is 47.9 Å². The maximum absolute atomic E-state index is 9.22. The second kappa shape index (κ2) is 4.18. The normalized spacial score (nSPS) is 33.0. The van der Waals surface area contributed by atoms with Gasteiger partial charge in [0.05, 0.1) is 25.4 Å². The van der Waals surface area contributed by atoms with Gasteiger partial charge >= 0.3 is 0 Å². The lowest BCUT2D eigenvalue weighted by molar-refractivity contribution is 0.0143. The van der Waals surface area contributed by atoms with Crippen LogP contribution in [-0.2, 0) is 4.74 Å². The molecule has 1 saturated carbocycles. The predicted octanol–water partition coefficient (Wildman–Crippen LogP) is -1.02. The number of hydrogen-bond acceptors (Lipinski definition) is 4. The van der Waals surface area contributed by atoms with Gasteiger partial charge in [-0.1, -0.05) is 0 Å². The average Bonchev–Trinajstić information content (AvgIpc) is 2.86. The second-order valence-corrected chi connectivity index (χ2v) is 3.27. The zero-order valence-electron chi connectivity index (χ0n) is 7.18. The summed E-state index contributed by atoms with van der Waals surface area (Å²) in [6.45, 7) is -0.223. The molecule has 0 aromatic carbocycles. The fraction of sp³-hybridized carbons (Fsp3) is 1.00. The lowest BCUT2D eigenvalue weighted by Crippen LogP contribution is -2.23. The number of ether oxygens (including phenoxy) is 1. The Bertz CT molecular complexity index is 135. The molecular weight excluding hydrogens is 160 g/mol. The highest BCUT2D eigenvalue weighted by Crippen LogP contribution is 2.44. The predicted molar refractivity (Wildman–Crippen MR) is 42.6 cm³/mol. The first-order valence-electron chi connectivity index (χ1n) is 4.17. The second-order valence-electron chi connectivity index (χ2n) is 3.27. The summed E-state index contributed by atoms with van der Waals surface area (Å²) in [5, 5.41) is 26.7. The van der Waals surface area contributed by atoms with Gasteiger partial charge in [0.1, 0.15) is 0 Å². The van der Waals surface area contributed by atoms with Crippen LogP contribution in [0.3, 0.4) is 0 Å². The molecule has 0 aliphatic heterocycles. The van der Waals surface area contributed by atoms with Gasteiger partial charge < -0.3 is 20.1 Å². The van der Waals surface area contributed by atoms with Crippen molar-refractivity contribution in [3.8, 4) is 0 Å². The Morgan fingerprint density at radius 2 is 2.00 bits per heavy atom. The molecule has 0 spiro atoms. The number of hydrogen-bond donors (Lipinski definition) is 3. The van der Waals surface area contributed by atoms with Crippen LogP contribution in [0.15, 0.2) is 0 Å². The van der Waals surface area contributed by atoms with E-state index in [0.717, 1.165) is 6.42 Å². The minimum absolute atomic E-state index is 0.0180. The number of aliphatic hydroxyl groups is 3. The van der Waals surface area contributed by atoms with Crippen LogP contribution in [0.2, 0.25) is 0 Å². The topological polar surface area (TPSA) is 69.9 Å². The molecule has 3 N–H and O–H groups in total. The minimum atomic E-state index is -0.654. The molecule has 0 bridgehead atoms. The van der Waals surface area contributed by atoms with E-state index in [-0.39, 0.29) is 31.2 Å². The first kappa shape index (κ1) is 9.92. The Morgan fingerprint density at radius 3 is 2.42 bits per heavy atom. The molecule has 1 rings (SSSR count). The summed E-state index contributed by atoms with van der Waals surface area (Å²) in [6.07, 6.45) is -0.00347. The van der Waals surface area contributed by atoms with E-state index in [1.54, 1.807) is 7.11 Å². The summed E-state index contributed by atoms with van der Waals surface area (Å²) in [6, 6.07) is 0. The highest BCUT2D eigenvalue weighted by molar-refractivity contribution is 4.95. The third kappa shape index (κ3) is 1.95. The number of aliphatic hydroxyl groups excluding tert-OH is 3. The summed E-state index contributed by atoms with van der Waals surface area (Å²) in [7, 11) is 1.54. The van der Waals surface area contributed by atoms with Gasteiger partial charge in [-0.15, -0.1) is 0 Å². The first-order chi connectivity index (χ1) is 5.74. The van der Waals surface area contributed by atoms with Crippen LogP contribution in [0.4, 0.5) is 0 Å². The van der Waals surface area contributed by atoms with Gasteiger partial charge in [0.15, 0.2) is 0 Å². The molecule has 4 heteroatoms. The van der Waals surface area contributed by atoms with Gasteiger partial charge in [-0.05, 0) is 18.3 Å². The van der Waals surface area contributed by atoms with E-state index in [0.29, 0.717) is 0 Å². The minimum Gasteiger partial charge on any atom is -0.394 e. The zero-order valence-corrected chi connectivity index (χ0v) is 7.18. The summed E-state index contributed by atoms with van der Waals surface area (Å²) in [4.78, 5) is 0. The van der Waals surface area contributed by atoms with Gasteiger partial charge in [0, 0.05) is 7.11 Å². The van der Waals surface area contributed by atoms with E-state index >= 15 is 0 Å². The average molecular weight is 176 g/mol. The van der Waals surface area contributed by atoms with Crippen LogP contribution in [0.5, 0.6) is 0 Å². The fourth-order valence-electron chi connectivity index (χ4n) is 1.63. The highest BCUT2D eigenvalue weighted by atomic mass is 16.5. The maximum atomic E-state index is 9.22. The zero-order chi connectivity index (χ0) is 9.14. The smallest absolute Gasteiger partial charge is 0.0833 e. The van der Waals surface area contributed by atoms with E-state index in [1.165, 1.54) is 0 Å². The summed E-state index contributed by atoms with van der Waals surface area (Å²) >= 11 is 0. The van der Waals surface area contributed by atoms with Crippen LogP contribution in [0, 0.1) is 11.8 Å². The molecule has 0 saturated heterocycles. The van der Waals surface area contributed by atoms with Crippen LogP contribution in [0.25, 0.3) is 0 Å². The number of methoxy groups -OCH3 is 1. The van der Waals surface area contributed by atoms with E-state index in [4.69, 9.17) is 14.9 Å². The molecule has 1 aliphatic rings. The maximum Gasteiger partial charge on any atom is 0.0833 e. The highest BCUT2D eigenvalue weighted by Gasteiger charge is 2.46. The number of rotatable bonds is 5. The molecular formula is C8H16O4.